The van der Waals surface area contributed by atoms with Crippen molar-refractivity contribution in [1.82, 2.24) is 5.32 Å². The minimum atomic E-state index is -4.48. The van der Waals surface area contributed by atoms with E-state index >= 15 is 0 Å². The van der Waals surface area contributed by atoms with Gasteiger partial charge in [0.25, 0.3) is 5.91 Å². The Morgan fingerprint density at radius 1 is 1.03 bits per heavy atom. The molecule has 3 rings (SSSR count). The average molecular weight is 506 g/mol. The summed E-state index contributed by atoms with van der Waals surface area (Å²) in [6.45, 7) is 6.71. The molecule has 0 saturated carbocycles. The van der Waals surface area contributed by atoms with Crippen LogP contribution in [0.25, 0.3) is 10.8 Å². The first-order valence-corrected chi connectivity index (χ1v) is 11.3. The zero-order chi connectivity index (χ0) is 26.8. The molecule has 1 unspecified atom stereocenters. The van der Waals surface area contributed by atoms with E-state index in [0.29, 0.717) is 17.5 Å². The molecule has 9 heteroatoms. The molecule has 192 valence electrons. The largest absolute Gasteiger partial charge is 0.487 e. The second-order valence-corrected chi connectivity index (χ2v) is 9.35. The van der Waals surface area contributed by atoms with Gasteiger partial charge in [0.1, 0.15) is 24.2 Å². The van der Waals surface area contributed by atoms with E-state index in [1.165, 1.54) is 30.3 Å². The smallest absolute Gasteiger partial charge is 0.416 e. The van der Waals surface area contributed by atoms with E-state index in [9.17, 15) is 32.3 Å². The molecule has 0 aliphatic rings. The molecule has 0 radical (unpaired) electrons. The van der Waals surface area contributed by atoms with Crippen LogP contribution in [0.15, 0.2) is 48.5 Å². The SMILES string of the molecule is CCC(C)(C)C(NC(=O)c1ccc2c(F)cc(C)cc2c1OCc1ccc(C(F)(F)F)cc1)C(=O)O. The van der Waals surface area contributed by atoms with E-state index in [0.717, 1.165) is 12.1 Å². The second-order valence-electron chi connectivity index (χ2n) is 9.35. The Bertz CT molecular complexity index is 1280. The number of carboxylic acids is 1. The summed E-state index contributed by atoms with van der Waals surface area (Å²) in [4.78, 5) is 25.1. The van der Waals surface area contributed by atoms with Crippen molar-refractivity contribution in [3.8, 4) is 5.75 Å². The number of hydrogen-bond acceptors (Lipinski definition) is 3. The third kappa shape index (κ3) is 5.78. The number of halogens is 4. The van der Waals surface area contributed by atoms with Gasteiger partial charge in [-0.1, -0.05) is 39.0 Å². The van der Waals surface area contributed by atoms with E-state index in [1.807, 2.05) is 6.92 Å². The maximum absolute atomic E-state index is 14.7. The number of ether oxygens (including phenoxy) is 1. The molecule has 36 heavy (non-hydrogen) atoms. The average Bonchev–Trinajstić information content (AvgIpc) is 2.80. The number of benzene rings is 3. The van der Waals surface area contributed by atoms with E-state index in [2.05, 4.69) is 5.32 Å². The standard InChI is InChI=1S/C27H27F4NO4/c1-5-26(3,4)23(25(34)35)32-24(33)19-11-10-18-20(12-15(2)13-21(18)28)22(19)36-14-16-6-8-17(9-7-16)27(29,30)31/h6-13,23H,5,14H2,1-4H3,(H,32,33)(H,34,35). The maximum Gasteiger partial charge on any atom is 0.416 e. The minimum Gasteiger partial charge on any atom is -0.487 e. The molecule has 0 heterocycles. The molecular formula is C27H27F4NO4. The van der Waals surface area contributed by atoms with Crippen LogP contribution in [0.5, 0.6) is 5.75 Å². The van der Waals surface area contributed by atoms with Crippen LogP contribution in [0.2, 0.25) is 0 Å². The van der Waals surface area contributed by atoms with Crippen LogP contribution in [-0.2, 0) is 17.6 Å². The molecule has 0 aromatic heterocycles. The van der Waals surface area contributed by atoms with E-state index < -0.39 is 40.9 Å². The predicted molar refractivity (Wildman–Crippen MR) is 127 cm³/mol. The molecule has 0 aliphatic carbocycles. The van der Waals surface area contributed by atoms with E-state index in [-0.39, 0.29) is 28.7 Å². The van der Waals surface area contributed by atoms with Crippen molar-refractivity contribution in [2.24, 2.45) is 5.41 Å². The van der Waals surface area contributed by atoms with Crippen LogP contribution in [0.4, 0.5) is 17.6 Å². The number of hydrogen-bond donors (Lipinski definition) is 2. The Labute approximate surface area is 206 Å². The summed E-state index contributed by atoms with van der Waals surface area (Å²) in [5.41, 5.74) is -0.630. The van der Waals surface area contributed by atoms with E-state index in [4.69, 9.17) is 4.74 Å². The highest BCUT2D eigenvalue weighted by Gasteiger charge is 2.36. The van der Waals surface area contributed by atoms with Crippen LogP contribution in [0.3, 0.4) is 0 Å². The van der Waals surface area contributed by atoms with Crippen molar-refractivity contribution < 1.29 is 37.0 Å². The van der Waals surface area contributed by atoms with Crippen LogP contribution in [-0.4, -0.2) is 23.0 Å². The highest BCUT2D eigenvalue weighted by Crippen LogP contribution is 2.35. The first kappa shape index (κ1) is 27.0. The first-order valence-electron chi connectivity index (χ1n) is 11.3. The zero-order valence-electron chi connectivity index (χ0n) is 20.3. The number of amides is 1. The fraction of sp³-hybridized carbons (Fsp3) is 0.333. The predicted octanol–water partition coefficient (Wildman–Crippen LogP) is 6.50. The quantitative estimate of drug-likeness (QED) is 0.343. The lowest BCUT2D eigenvalue weighted by molar-refractivity contribution is -0.142. The molecule has 0 bridgehead atoms. The van der Waals surface area contributed by atoms with Crippen LogP contribution >= 0.6 is 0 Å². The van der Waals surface area contributed by atoms with Gasteiger partial charge in [0.2, 0.25) is 0 Å². The highest BCUT2D eigenvalue weighted by atomic mass is 19.4. The number of nitrogens with one attached hydrogen (secondary N) is 1. The van der Waals surface area contributed by atoms with Crippen LogP contribution in [0, 0.1) is 18.2 Å². The molecule has 1 amide bonds. The summed E-state index contributed by atoms with van der Waals surface area (Å²) in [5, 5.41) is 12.7. The summed E-state index contributed by atoms with van der Waals surface area (Å²) in [5.74, 6) is -2.46. The number of carbonyl (C=O) groups is 2. The molecule has 0 saturated heterocycles. The topological polar surface area (TPSA) is 75.6 Å². The van der Waals surface area contributed by atoms with Crippen LogP contribution in [0.1, 0.15) is 54.2 Å². The van der Waals surface area contributed by atoms with E-state index in [1.54, 1.807) is 26.8 Å². The molecular weight excluding hydrogens is 478 g/mol. The van der Waals surface area contributed by atoms with Crippen molar-refractivity contribution in [3.05, 3.63) is 76.6 Å². The minimum absolute atomic E-state index is 0.00550. The maximum atomic E-state index is 14.7. The Hall–Kier alpha value is -3.62. The summed E-state index contributed by atoms with van der Waals surface area (Å²) >= 11 is 0. The summed E-state index contributed by atoms with van der Waals surface area (Å²) in [7, 11) is 0. The van der Waals surface area contributed by atoms with Crippen molar-refractivity contribution in [1.29, 1.82) is 0 Å². The van der Waals surface area contributed by atoms with Gasteiger partial charge in [0.15, 0.2) is 0 Å². The van der Waals surface area contributed by atoms with Crippen molar-refractivity contribution >= 4 is 22.6 Å². The number of aliphatic carboxylic acids is 1. The highest BCUT2D eigenvalue weighted by molar-refractivity contribution is 6.05. The summed E-state index contributed by atoms with van der Waals surface area (Å²) < 4.78 is 59.2. The number of aryl methyl sites for hydroxylation is 1. The first-order chi connectivity index (χ1) is 16.7. The number of alkyl halides is 3. The Kier molecular flexibility index (Phi) is 7.62. The monoisotopic (exact) mass is 505 g/mol. The number of fused-ring (bicyclic) bond motifs is 1. The van der Waals surface area contributed by atoms with Crippen molar-refractivity contribution in [3.63, 3.8) is 0 Å². The molecule has 0 fully saturated rings. The van der Waals surface area contributed by atoms with Gasteiger partial charge in [-0.2, -0.15) is 13.2 Å². The van der Waals surface area contributed by atoms with Gasteiger partial charge in [0, 0.05) is 10.8 Å². The fourth-order valence-corrected chi connectivity index (χ4v) is 3.78. The Morgan fingerprint density at radius 3 is 2.22 bits per heavy atom. The third-order valence-corrected chi connectivity index (χ3v) is 6.30. The lowest BCUT2D eigenvalue weighted by atomic mass is 9.81. The number of carboxylic acid groups (broad SMARTS) is 1. The molecule has 3 aromatic rings. The second kappa shape index (κ2) is 10.2. The summed E-state index contributed by atoms with van der Waals surface area (Å²) in [6.07, 6.45) is -4.01. The molecule has 2 N–H and O–H groups in total. The molecule has 3 aromatic carbocycles. The van der Waals surface area contributed by atoms with Gasteiger partial charge < -0.3 is 15.2 Å². The third-order valence-electron chi connectivity index (χ3n) is 6.30. The van der Waals surface area contributed by atoms with Gasteiger partial charge in [-0.3, -0.25) is 4.79 Å². The fourth-order valence-electron chi connectivity index (χ4n) is 3.78. The zero-order valence-corrected chi connectivity index (χ0v) is 20.3. The lowest BCUT2D eigenvalue weighted by Crippen LogP contribution is -2.50. The van der Waals surface area contributed by atoms with Gasteiger partial charge in [-0.05, 0) is 60.2 Å². The number of carbonyl (C=O) groups excluding carboxylic acids is 1. The van der Waals surface area contributed by atoms with Gasteiger partial charge in [-0.25, -0.2) is 9.18 Å². The Balaban J connectivity index is 2.03. The van der Waals surface area contributed by atoms with Gasteiger partial charge >= 0.3 is 12.1 Å². The molecule has 0 aliphatic heterocycles. The normalized spacial score (nSPS) is 12.9. The number of rotatable bonds is 8. The Morgan fingerprint density at radius 2 is 1.67 bits per heavy atom. The summed E-state index contributed by atoms with van der Waals surface area (Å²) in [6, 6.07) is 8.84. The lowest BCUT2D eigenvalue weighted by Gasteiger charge is -2.31. The van der Waals surface area contributed by atoms with Crippen LogP contribution < -0.4 is 10.1 Å². The van der Waals surface area contributed by atoms with Gasteiger partial charge in [0.05, 0.1) is 11.1 Å². The molecule has 0 spiro atoms. The van der Waals surface area contributed by atoms with Crippen molar-refractivity contribution in [2.45, 2.75) is 52.9 Å². The molecule has 1 atom stereocenters. The van der Waals surface area contributed by atoms with Crippen molar-refractivity contribution in [2.75, 3.05) is 0 Å². The van der Waals surface area contributed by atoms with Gasteiger partial charge in [-0.15, -0.1) is 0 Å². The molecule has 5 nitrogen and oxygen atoms in total.